The monoisotopic (exact) mass is 272 g/mol. The summed E-state index contributed by atoms with van der Waals surface area (Å²) >= 11 is 0. The van der Waals surface area contributed by atoms with Crippen LogP contribution >= 0.6 is 0 Å². The molecular formula is C12H17FN2O2S. The Labute approximate surface area is 107 Å². The van der Waals surface area contributed by atoms with E-state index in [1.54, 1.807) is 6.92 Å². The molecular weight excluding hydrogens is 255 g/mol. The molecule has 0 radical (unpaired) electrons. The Bertz CT molecular complexity index is 523. The molecule has 0 bridgehead atoms. The molecule has 0 amide bonds. The molecule has 2 rings (SSSR count). The Kier molecular flexibility index (Phi) is 3.99. The van der Waals surface area contributed by atoms with Crippen LogP contribution in [0.4, 0.5) is 4.39 Å². The molecule has 0 atom stereocenters. The van der Waals surface area contributed by atoms with Crippen LogP contribution in [0.1, 0.15) is 12.0 Å². The SMILES string of the molecule is Cc1ccc(S(=O)(=O)N2CCCNCC2)cc1F. The van der Waals surface area contributed by atoms with Crippen molar-refractivity contribution in [1.82, 2.24) is 9.62 Å². The number of rotatable bonds is 2. The van der Waals surface area contributed by atoms with E-state index in [1.807, 2.05) is 0 Å². The van der Waals surface area contributed by atoms with Crippen LogP contribution < -0.4 is 5.32 Å². The Balaban J connectivity index is 2.31. The highest BCUT2D eigenvalue weighted by Gasteiger charge is 2.25. The fourth-order valence-electron chi connectivity index (χ4n) is 1.94. The largest absolute Gasteiger partial charge is 0.315 e. The average molecular weight is 272 g/mol. The second-order valence-electron chi connectivity index (χ2n) is 4.42. The molecule has 0 unspecified atom stereocenters. The van der Waals surface area contributed by atoms with E-state index in [4.69, 9.17) is 0 Å². The van der Waals surface area contributed by atoms with Crippen molar-refractivity contribution in [3.8, 4) is 0 Å². The van der Waals surface area contributed by atoms with Crippen molar-refractivity contribution in [1.29, 1.82) is 0 Å². The van der Waals surface area contributed by atoms with Crippen LogP contribution in [0.15, 0.2) is 23.1 Å². The van der Waals surface area contributed by atoms with Crippen LogP contribution in [0, 0.1) is 12.7 Å². The third kappa shape index (κ3) is 2.71. The van der Waals surface area contributed by atoms with Gasteiger partial charge in [0.15, 0.2) is 0 Å². The fourth-order valence-corrected chi connectivity index (χ4v) is 3.44. The van der Waals surface area contributed by atoms with Gasteiger partial charge < -0.3 is 5.32 Å². The van der Waals surface area contributed by atoms with Crippen molar-refractivity contribution in [3.05, 3.63) is 29.6 Å². The summed E-state index contributed by atoms with van der Waals surface area (Å²) in [5, 5.41) is 3.14. The number of sulfonamides is 1. The van der Waals surface area contributed by atoms with Gasteiger partial charge in [0, 0.05) is 19.6 Å². The molecule has 0 aliphatic carbocycles. The topological polar surface area (TPSA) is 49.4 Å². The summed E-state index contributed by atoms with van der Waals surface area (Å²) in [5.41, 5.74) is 0.450. The normalized spacial score (nSPS) is 18.6. The van der Waals surface area contributed by atoms with E-state index in [1.165, 1.54) is 16.4 Å². The van der Waals surface area contributed by atoms with Gasteiger partial charge in [0.25, 0.3) is 0 Å². The van der Waals surface area contributed by atoms with Crippen LogP contribution in [0.2, 0.25) is 0 Å². The Morgan fingerprint density at radius 3 is 2.78 bits per heavy atom. The number of aryl methyl sites for hydroxylation is 1. The number of nitrogens with one attached hydrogen (secondary N) is 1. The number of benzene rings is 1. The van der Waals surface area contributed by atoms with Crippen LogP contribution in [0.3, 0.4) is 0 Å². The number of nitrogens with zero attached hydrogens (tertiary/aromatic N) is 1. The Morgan fingerprint density at radius 2 is 2.06 bits per heavy atom. The third-order valence-corrected chi connectivity index (χ3v) is 4.97. The van der Waals surface area contributed by atoms with E-state index in [2.05, 4.69) is 5.32 Å². The van der Waals surface area contributed by atoms with Crippen LogP contribution in [0.5, 0.6) is 0 Å². The van der Waals surface area contributed by atoms with Gasteiger partial charge in [0.05, 0.1) is 4.90 Å². The molecule has 1 aliphatic heterocycles. The molecule has 4 nitrogen and oxygen atoms in total. The quantitative estimate of drug-likeness (QED) is 0.877. The summed E-state index contributed by atoms with van der Waals surface area (Å²) in [6, 6.07) is 4.06. The van der Waals surface area contributed by atoms with Crippen molar-refractivity contribution < 1.29 is 12.8 Å². The van der Waals surface area contributed by atoms with E-state index in [9.17, 15) is 12.8 Å². The summed E-state index contributed by atoms with van der Waals surface area (Å²) in [7, 11) is -3.57. The van der Waals surface area contributed by atoms with Crippen molar-refractivity contribution in [2.75, 3.05) is 26.2 Å². The van der Waals surface area contributed by atoms with E-state index in [0.29, 0.717) is 25.2 Å². The van der Waals surface area contributed by atoms with Crippen molar-refractivity contribution in [3.63, 3.8) is 0 Å². The molecule has 0 aromatic heterocycles. The minimum atomic E-state index is -3.57. The van der Waals surface area contributed by atoms with Gasteiger partial charge >= 0.3 is 0 Å². The predicted octanol–water partition coefficient (Wildman–Crippen LogP) is 1.12. The maximum atomic E-state index is 13.5. The van der Waals surface area contributed by atoms with Gasteiger partial charge in [-0.1, -0.05) is 6.07 Å². The average Bonchev–Trinajstić information content (AvgIpc) is 2.61. The Hall–Kier alpha value is -0.980. The predicted molar refractivity (Wildman–Crippen MR) is 67.4 cm³/mol. The summed E-state index contributed by atoms with van der Waals surface area (Å²) in [5.74, 6) is -0.482. The van der Waals surface area contributed by atoms with E-state index in [0.717, 1.165) is 19.0 Å². The standard InChI is InChI=1S/C12H17FN2O2S/c1-10-3-4-11(9-12(10)13)18(16,17)15-7-2-5-14-6-8-15/h3-4,9,14H,2,5-8H2,1H3. The molecule has 1 aliphatic rings. The van der Waals surface area contributed by atoms with E-state index >= 15 is 0 Å². The van der Waals surface area contributed by atoms with E-state index < -0.39 is 15.8 Å². The van der Waals surface area contributed by atoms with Gasteiger partial charge in [-0.15, -0.1) is 0 Å². The summed E-state index contributed by atoms with van der Waals surface area (Å²) < 4.78 is 39.5. The first-order chi connectivity index (χ1) is 8.51. The zero-order valence-corrected chi connectivity index (χ0v) is 11.1. The number of hydrogen-bond donors (Lipinski definition) is 1. The maximum Gasteiger partial charge on any atom is 0.243 e. The third-order valence-electron chi connectivity index (χ3n) is 3.08. The lowest BCUT2D eigenvalue weighted by molar-refractivity contribution is 0.431. The highest BCUT2D eigenvalue weighted by atomic mass is 32.2. The van der Waals surface area contributed by atoms with Gasteiger partial charge in [0.1, 0.15) is 5.82 Å². The first-order valence-corrected chi connectivity index (χ1v) is 7.43. The smallest absolute Gasteiger partial charge is 0.243 e. The molecule has 1 aromatic carbocycles. The lowest BCUT2D eigenvalue weighted by atomic mass is 10.2. The second kappa shape index (κ2) is 5.34. The minimum absolute atomic E-state index is 0.0347. The van der Waals surface area contributed by atoms with Gasteiger partial charge in [-0.25, -0.2) is 12.8 Å². The minimum Gasteiger partial charge on any atom is -0.315 e. The summed E-state index contributed by atoms with van der Waals surface area (Å²) in [4.78, 5) is 0.0347. The number of halogens is 1. The Morgan fingerprint density at radius 1 is 1.28 bits per heavy atom. The van der Waals surface area contributed by atoms with Crippen LogP contribution in [-0.2, 0) is 10.0 Å². The molecule has 100 valence electrons. The lowest BCUT2D eigenvalue weighted by Crippen LogP contribution is -2.34. The first-order valence-electron chi connectivity index (χ1n) is 5.99. The molecule has 1 saturated heterocycles. The summed E-state index contributed by atoms with van der Waals surface area (Å²) in [6.07, 6.45) is 0.771. The highest BCUT2D eigenvalue weighted by molar-refractivity contribution is 7.89. The van der Waals surface area contributed by atoms with Crippen molar-refractivity contribution >= 4 is 10.0 Å². The van der Waals surface area contributed by atoms with Crippen LogP contribution in [-0.4, -0.2) is 38.9 Å². The fraction of sp³-hybridized carbons (Fsp3) is 0.500. The molecule has 6 heteroatoms. The van der Waals surface area contributed by atoms with Gasteiger partial charge in [-0.05, 0) is 37.6 Å². The molecule has 1 heterocycles. The zero-order chi connectivity index (χ0) is 13.2. The lowest BCUT2D eigenvalue weighted by Gasteiger charge is -2.19. The zero-order valence-electron chi connectivity index (χ0n) is 10.3. The maximum absolute atomic E-state index is 13.5. The molecule has 1 aromatic rings. The first kappa shape index (κ1) is 13.5. The van der Waals surface area contributed by atoms with E-state index in [-0.39, 0.29) is 4.90 Å². The van der Waals surface area contributed by atoms with Gasteiger partial charge in [0.2, 0.25) is 10.0 Å². The highest BCUT2D eigenvalue weighted by Crippen LogP contribution is 2.19. The molecule has 1 N–H and O–H groups in total. The van der Waals surface area contributed by atoms with Crippen molar-refractivity contribution in [2.45, 2.75) is 18.2 Å². The van der Waals surface area contributed by atoms with Crippen LogP contribution in [0.25, 0.3) is 0 Å². The number of hydrogen-bond acceptors (Lipinski definition) is 3. The summed E-state index contributed by atoms with van der Waals surface area (Å²) in [6.45, 7) is 3.96. The van der Waals surface area contributed by atoms with Crippen molar-refractivity contribution in [2.24, 2.45) is 0 Å². The van der Waals surface area contributed by atoms with Gasteiger partial charge in [-0.3, -0.25) is 0 Å². The molecule has 18 heavy (non-hydrogen) atoms. The molecule has 0 spiro atoms. The molecule has 0 saturated carbocycles. The van der Waals surface area contributed by atoms with Gasteiger partial charge in [-0.2, -0.15) is 4.31 Å². The molecule has 1 fully saturated rings. The second-order valence-corrected chi connectivity index (χ2v) is 6.36.